The van der Waals surface area contributed by atoms with E-state index in [1.165, 1.54) is 0 Å². The molecule has 2 rings (SSSR count). The first-order chi connectivity index (χ1) is 12.9. The van der Waals surface area contributed by atoms with E-state index < -0.39 is 0 Å². The highest BCUT2D eigenvalue weighted by molar-refractivity contribution is 5.90. The quantitative estimate of drug-likeness (QED) is 0.606. The summed E-state index contributed by atoms with van der Waals surface area (Å²) in [6.07, 6.45) is -0.0197. The number of hydrogen-bond donors (Lipinski definition) is 0. The van der Waals surface area contributed by atoms with Crippen LogP contribution in [0.1, 0.15) is 54.8 Å². The van der Waals surface area contributed by atoms with E-state index in [0.29, 0.717) is 23.5 Å². The molecule has 27 heavy (non-hydrogen) atoms. The van der Waals surface area contributed by atoms with Gasteiger partial charge in [-0.05, 0) is 43.5 Å². The lowest BCUT2D eigenvalue weighted by Gasteiger charge is -2.29. The summed E-state index contributed by atoms with van der Waals surface area (Å²) >= 11 is 0. The maximum absolute atomic E-state index is 12.5. The van der Waals surface area contributed by atoms with Gasteiger partial charge in [-0.3, -0.25) is 0 Å². The van der Waals surface area contributed by atoms with Crippen LogP contribution in [0.25, 0.3) is 0 Å². The van der Waals surface area contributed by atoms with Gasteiger partial charge in [-0.2, -0.15) is 0 Å². The van der Waals surface area contributed by atoms with Gasteiger partial charge in [0.05, 0.1) is 11.1 Å². The normalized spacial score (nSPS) is 14.3. The first-order valence-electron chi connectivity index (χ1n) is 9.40. The van der Waals surface area contributed by atoms with Gasteiger partial charge in [0.25, 0.3) is 0 Å². The Bertz CT molecular complexity index is 725. The number of rotatable bonds is 8. The molecule has 0 heterocycles. The van der Waals surface area contributed by atoms with Gasteiger partial charge in [-0.1, -0.05) is 57.2 Å². The van der Waals surface area contributed by atoms with Crippen molar-refractivity contribution in [2.75, 3.05) is 0 Å². The molecule has 0 amide bonds. The second kappa shape index (κ2) is 9.91. The second-order valence-corrected chi connectivity index (χ2v) is 7.27. The van der Waals surface area contributed by atoms with Gasteiger partial charge in [0, 0.05) is 5.92 Å². The summed E-state index contributed by atoms with van der Waals surface area (Å²) in [5.41, 5.74) is 1.03. The van der Waals surface area contributed by atoms with Crippen molar-refractivity contribution in [2.45, 2.75) is 46.3 Å². The van der Waals surface area contributed by atoms with E-state index in [2.05, 4.69) is 13.8 Å². The largest absolute Gasteiger partial charge is 0.459 e. The molecule has 3 unspecified atom stereocenters. The Hall–Kier alpha value is -2.62. The van der Waals surface area contributed by atoms with Crippen molar-refractivity contribution in [3.63, 3.8) is 0 Å². The first-order valence-corrected chi connectivity index (χ1v) is 9.40. The molecule has 0 saturated heterocycles. The summed E-state index contributed by atoms with van der Waals surface area (Å²) in [6.45, 7) is 7.96. The van der Waals surface area contributed by atoms with Gasteiger partial charge in [0.2, 0.25) is 0 Å². The Kier molecular flexibility index (Phi) is 7.59. The lowest BCUT2D eigenvalue weighted by atomic mass is 9.92. The molecule has 0 bridgehead atoms. The molecule has 4 heteroatoms. The molecule has 2 aromatic carbocycles. The maximum atomic E-state index is 12.5. The average molecular weight is 368 g/mol. The summed E-state index contributed by atoms with van der Waals surface area (Å²) in [6, 6.07) is 17.8. The summed E-state index contributed by atoms with van der Waals surface area (Å²) in [5.74, 6) is -0.506. The van der Waals surface area contributed by atoms with Gasteiger partial charge in [-0.15, -0.1) is 0 Å². The summed E-state index contributed by atoms with van der Waals surface area (Å²) in [5, 5.41) is 0. The lowest BCUT2D eigenvalue weighted by Crippen LogP contribution is -2.35. The Morgan fingerprint density at radius 2 is 1.19 bits per heavy atom. The van der Waals surface area contributed by atoms with Gasteiger partial charge in [0.15, 0.2) is 0 Å². The van der Waals surface area contributed by atoms with Crippen LogP contribution < -0.4 is 0 Å². The number of carbonyl (C=O) groups is 2. The fraction of sp³-hybridized carbons (Fsp3) is 0.391. The van der Waals surface area contributed by atoms with E-state index in [4.69, 9.17) is 9.47 Å². The molecule has 0 aliphatic heterocycles. The fourth-order valence-electron chi connectivity index (χ4n) is 2.84. The zero-order valence-electron chi connectivity index (χ0n) is 16.4. The predicted octanol–water partition coefficient (Wildman–Crippen LogP) is 5.14. The Labute approximate surface area is 161 Å². The Morgan fingerprint density at radius 1 is 0.741 bits per heavy atom. The van der Waals surface area contributed by atoms with E-state index in [-0.39, 0.29) is 30.1 Å². The molecule has 0 fully saturated rings. The van der Waals surface area contributed by atoms with E-state index >= 15 is 0 Å². The standard InChI is InChI=1S/C23H28O4/c1-16(2)15-21(27-23(25)20-13-9-6-10-14-20)17(3)18(4)26-22(24)19-11-7-5-8-12-19/h5-14,16-18,21H,15H2,1-4H3. The third-order valence-electron chi connectivity index (χ3n) is 4.60. The molecule has 0 radical (unpaired) electrons. The van der Waals surface area contributed by atoms with Crippen molar-refractivity contribution in [1.82, 2.24) is 0 Å². The molecular weight excluding hydrogens is 340 g/mol. The summed E-state index contributed by atoms with van der Waals surface area (Å²) in [4.78, 5) is 24.8. The summed E-state index contributed by atoms with van der Waals surface area (Å²) < 4.78 is 11.4. The van der Waals surface area contributed by atoms with Crippen LogP contribution in [0.5, 0.6) is 0 Å². The zero-order chi connectivity index (χ0) is 19.8. The molecular formula is C23H28O4. The minimum absolute atomic E-state index is 0.132. The molecule has 4 nitrogen and oxygen atoms in total. The first kappa shape index (κ1) is 20.7. The van der Waals surface area contributed by atoms with Gasteiger partial charge >= 0.3 is 11.9 Å². The highest BCUT2D eigenvalue weighted by Crippen LogP contribution is 2.23. The van der Waals surface area contributed by atoms with Crippen molar-refractivity contribution >= 4 is 11.9 Å². The van der Waals surface area contributed by atoms with Crippen LogP contribution >= 0.6 is 0 Å². The molecule has 0 aliphatic carbocycles. The Morgan fingerprint density at radius 3 is 1.63 bits per heavy atom. The predicted molar refractivity (Wildman–Crippen MR) is 106 cm³/mol. The van der Waals surface area contributed by atoms with E-state index in [1.807, 2.05) is 38.1 Å². The number of ether oxygens (including phenoxy) is 2. The van der Waals surface area contributed by atoms with Crippen LogP contribution in [0.15, 0.2) is 60.7 Å². The topological polar surface area (TPSA) is 52.6 Å². The number of hydrogen-bond acceptors (Lipinski definition) is 4. The summed E-state index contributed by atoms with van der Waals surface area (Å²) in [7, 11) is 0. The van der Waals surface area contributed by atoms with Crippen LogP contribution in [0.3, 0.4) is 0 Å². The van der Waals surface area contributed by atoms with Crippen molar-refractivity contribution in [1.29, 1.82) is 0 Å². The smallest absolute Gasteiger partial charge is 0.338 e. The van der Waals surface area contributed by atoms with E-state index in [9.17, 15) is 9.59 Å². The SMILES string of the molecule is CC(C)CC(OC(=O)c1ccccc1)C(C)C(C)OC(=O)c1ccccc1. The molecule has 0 N–H and O–H groups in total. The van der Waals surface area contributed by atoms with Crippen molar-refractivity contribution in [2.24, 2.45) is 11.8 Å². The Balaban J connectivity index is 2.05. The minimum Gasteiger partial charge on any atom is -0.459 e. The molecule has 144 valence electrons. The van der Waals surface area contributed by atoms with Crippen molar-refractivity contribution in [3.8, 4) is 0 Å². The molecule has 0 spiro atoms. The third-order valence-corrected chi connectivity index (χ3v) is 4.60. The number of carbonyl (C=O) groups excluding carboxylic acids is 2. The molecule has 0 aromatic heterocycles. The second-order valence-electron chi connectivity index (χ2n) is 7.27. The van der Waals surface area contributed by atoms with E-state index in [0.717, 1.165) is 0 Å². The average Bonchev–Trinajstić information content (AvgIpc) is 2.67. The van der Waals surface area contributed by atoms with Crippen LogP contribution in [0, 0.1) is 11.8 Å². The molecule has 0 saturated carbocycles. The fourth-order valence-corrected chi connectivity index (χ4v) is 2.84. The highest BCUT2D eigenvalue weighted by atomic mass is 16.6. The van der Waals surface area contributed by atoms with Crippen LogP contribution in [0.4, 0.5) is 0 Å². The highest BCUT2D eigenvalue weighted by Gasteiger charge is 2.29. The van der Waals surface area contributed by atoms with E-state index in [1.54, 1.807) is 36.4 Å². The van der Waals surface area contributed by atoms with Crippen molar-refractivity contribution < 1.29 is 19.1 Å². The molecule has 0 aliphatic rings. The van der Waals surface area contributed by atoms with Crippen molar-refractivity contribution in [3.05, 3.63) is 71.8 Å². The van der Waals surface area contributed by atoms with Crippen LogP contribution in [-0.4, -0.2) is 24.1 Å². The van der Waals surface area contributed by atoms with Crippen LogP contribution in [0.2, 0.25) is 0 Å². The third kappa shape index (κ3) is 6.24. The zero-order valence-corrected chi connectivity index (χ0v) is 16.4. The van der Waals surface area contributed by atoms with Gasteiger partial charge < -0.3 is 9.47 Å². The van der Waals surface area contributed by atoms with Gasteiger partial charge in [0.1, 0.15) is 12.2 Å². The monoisotopic (exact) mass is 368 g/mol. The van der Waals surface area contributed by atoms with Gasteiger partial charge in [-0.25, -0.2) is 9.59 Å². The molecule has 3 atom stereocenters. The minimum atomic E-state index is -0.384. The number of esters is 2. The number of benzene rings is 2. The lowest BCUT2D eigenvalue weighted by molar-refractivity contribution is -0.0283. The maximum Gasteiger partial charge on any atom is 0.338 e. The van der Waals surface area contributed by atoms with Crippen LogP contribution in [-0.2, 0) is 9.47 Å². The molecule has 2 aromatic rings.